The Labute approximate surface area is 202 Å². The molecule has 0 spiro atoms. The zero-order valence-electron chi connectivity index (χ0n) is 18.6. The summed E-state index contributed by atoms with van der Waals surface area (Å²) in [5.41, 5.74) is 3.40. The molecule has 0 aliphatic rings. The summed E-state index contributed by atoms with van der Waals surface area (Å²) in [5, 5.41) is 5.01. The molecule has 33 heavy (non-hydrogen) atoms. The molecule has 1 unspecified atom stereocenters. The topological polar surface area (TPSA) is 73.3 Å². The Balaban J connectivity index is 1.80. The van der Waals surface area contributed by atoms with E-state index in [-0.39, 0.29) is 18.4 Å². The first-order valence-electron chi connectivity index (χ1n) is 10.7. The number of pyridine rings is 1. The van der Waals surface area contributed by atoms with Crippen molar-refractivity contribution < 1.29 is 13.6 Å². The Bertz CT molecular complexity index is 1290. The first kappa shape index (κ1) is 23.9. The molecular formula is C24H25ClN3O3PS. The number of halogens is 1. The molecule has 0 aliphatic heterocycles. The van der Waals surface area contributed by atoms with Crippen molar-refractivity contribution >= 4 is 46.6 Å². The van der Waals surface area contributed by atoms with Crippen LogP contribution < -0.4 is 5.32 Å². The fourth-order valence-electron chi connectivity index (χ4n) is 3.60. The number of hydrogen-bond acceptors (Lipinski definition) is 7. The maximum Gasteiger partial charge on any atom is 0.357 e. The Hall–Kier alpha value is -2.28. The van der Waals surface area contributed by atoms with Crippen molar-refractivity contribution in [1.29, 1.82) is 0 Å². The lowest BCUT2D eigenvalue weighted by Crippen LogP contribution is -2.16. The van der Waals surface area contributed by atoms with Gasteiger partial charge in [0.25, 0.3) is 0 Å². The SMILES string of the molecule is CCOP(=O)(OCC)C(Nc1ncc(-c2ccccc2)s1)c1cc2cccc(C)c2nc1Cl. The average molecular weight is 502 g/mol. The number of para-hydroxylation sites is 1. The van der Waals surface area contributed by atoms with E-state index in [0.29, 0.717) is 10.7 Å². The highest BCUT2D eigenvalue weighted by atomic mass is 35.5. The van der Waals surface area contributed by atoms with Crippen molar-refractivity contribution in [3.05, 3.63) is 77.1 Å². The van der Waals surface area contributed by atoms with Crippen LogP contribution in [0, 0.1) is 6.92 Å². The first-order chi connectivity index (χ1) is 15.9. The van der Waals surface area contributed by atoms with Gasteiger partial charge >= 0.3 is 7.60 Å². The number of thiazole rings is 1. The van der Waals surface area contributed by atoms with Crippen molar-refractivity contribution in [2.75, 3.05) is 18.5 Å². The van der Waals surface area contributed by atoms with Crippen molar-refractivity contribution in [3.8, 4) is 10.4 Å². The van der Waals surface area contributed by atoms with E-state index in [1.807, 2.05) is 61.5 Å². The highest BCUT2D eigenvalue weighted by Gasteiger charge is 2.39. The molecule has 0 radical (unpaired) electrons. The average Bonchev–Trinajstić information content (AvgIpc) is 3.28. The Morgan fingerprint density at radius 3 is 2.52 bits per heavy atom. The number of fused-ring (bicyclic) bond motifs is 1. The van der Waals surface area contributed by atoms with Crippen molar-refractivity contribution in [2.45, 2.75) is 26.6 Å². The van der Waals surface area contributed by atoms with Crippen LogP contribution in [0.5, 0.6) is 0 Å². The van der Waals surface area contributed by atoms with E-state index in [1.54, 1.807) is 20.0 Å². The lowest BCUT2D eigenvalue weighted by molar-refractivity contribution is 0.214. The van der Waals surface area contributed by atoms with Gasteiger partial charge in [0.2, 0.25) is 0 Å². The van der Waals surface area contributed by atoms with E-state index in [1.165, 1.54) is 11.3 Å². The van der Waals surface area contributed by atoms with Crippen LogP contribution in [0.3, 0.4) is 0 Å². The zero-order chi connectivity index (χ0) is 23.4. The van der Waals surface area contributed by atoms with E-state index in [9.17, 15) is 4.57 Å². The molecule has 0 bridgehead atoms. The molecule has 0 saturated heterocycles. The number of anilines is 1. The number of hydrogen-bond donors (Lipinski definition) is 1. The van der Waals surface area contributed by atoms with Crippen LogP contribution in [-0.4, -0.2) is 23.2 Å². The number of aromatic nitrogens is 2. The smallest absolute Gasteiger partial charge is 0.344 e. The van der Waals surface area contributed by atoms with Crippen molar-refractivity contribution in [1.82, 2.24) is 9.97 Å². The molecule has 2 heterocycles. The lowest BCUT2D eigenvalue weighted by Gasteiger charge is -2.27. The predicted octanol–water partition coefficient (Wildman–Crippen LogP) is 7.70. The molecule has 9 heteroatoms. The normalized spacial score (nSPS) is 12.7. The third kappa shape index (κ3) is 5.13. The van der Waals surface area contributed by atoms with Gasteiger partial charge in [-0.2, -0.15) is 0 Å². The second-order valence-electron chi connectivity index (χ2n) is 7.33. The van der Waals surface area contributed by atoms with Crippen LogP contribution in [0.25, 0.3) is 21.3 Å². The number of benzene rings is 2. The van der Waals surface area contributed by atoms with Gasteiger partial charge in [0.05, 0.1) is 23.6 Å². The second-order valence-corrected chi connectivity index (χ2v) is 10.8. The van der Waals surface area contributed by atoms with Crippen LogP contribution in [0.4, 0.5) is 5.13 Å². The standard InChI is InChI=1S/C24H25ClN3O3PS/c1-4-30-32(29,31-5-2)23(19-14-18-13-9-10-16(3)21(18)27-22(19)25)28-24-26-15-20(33-24)17-11-7-6-8-12-17/h6-15,23H,4-5H2,1-3H3,(H,26,28). The number of aryl methyl sites for hydroxylation is 1. The highest BCUT2D eigenvalue weighted by Crippen LogP contribution is 2.62. The molecule has 0 aliphatic carbocycles. The maximum absolute atomic E-state index is 13.9. The van der Waals surface area contributed by atoms with Crippen molar-refractivity contribution in [3.63, 3.8) is 0 Å². The molecule has 2 aromatic carbocycles. The fraction of sp³-hybridized carbons (Fsp3) is 0.250. The molecule has 4 rings (SSSR count). The quantitative estimate of drug-likeness (QED) is 0.187. The van der Waals surface area contributed by atoms with Crippen LogP contribution in [0.2, 0.25) is 5.15 Å². The molecular weight excluding hydrogens is 477 g/mol. The van der Waals surface area contributed by atoms with Gasteiger partial charge in [0.1, 0.15) is 5.15 Å². The summed E-state index contributed by atoms with van der Waals surface area (Å²) < 4.78 is 25.3. The maximum atomic E-state index is 13.9. The van der Waals surface area contributed by atoms with Gasteiger partial charge in [-0.1, -0.05) is 71.5 Å². The third-order valence-electron chi connectivity index (χ3n) is 5.08. The number of nitrogens with zero attached hydrogens (tertiary/aromatic N) is 2. The van der Waals surface area contributed by atoms with Gasteiger partial charge < -0.3 is 14.4 Å². The van der Waals surface area contributed by atoms with Gasteiger partial charge in [0, 0.05) is 17.1 Å². The third-order valence-corrected chi connectivity index (χ3v) is 8.64. The van der Waals surface area contributed by atoms with Gasteiger partial charge in [-0.15, -0.1) is 0 Å². The Kier molecular flexibility index (Phi) is 7.47. The predicted molar refractivity (Wildman–Crippen MR) is 136 cm³/mol. The minimum absolute atomic E-state index is 0.223. The molecule has 172 valence electrons. The van der Waals surface area contributed by atoms with Gasteiger partial charge in [-0.3, -0.25) is 4.57 Å². The Morgan fingerprint density at radius 1 is 1.09 bits per heavy atom. The van der Waals surface area contributed by atoms with Crippen LogP contribution in [0.1, 0.15) is 30.8 Å². The van der Waals surface area contributed by atoms with E-state index < -0.39 is 13.4 Å². The van der Waals surface area contributed by atoms with Crippen molar-refractivity contribution in [2.24, 2.45) is 0 Å². The first-order valence-corrected chi connectivity index (χ1v) is 13.5. The van der Waals surface area contributed by atoms with E-state index in [0.717, 1.165) is 26.9 Å². The van der Waals surface area contributed by atoms with Gasteiger partial charge in [-0.25, -0.2) is 9.97 Å². The van der Waals surface area contributed by atoms with Gasteiger partial charge in [0.15, 0.2) is 10.9 Å². The zero-order valence-corrected chi connectivity index (χ0v) is 21.1. The summed E-state index contributed by atoms with van der Waals surface area (Å²) in [6.07, 6.45) is 1.79. The highest BCUT2D eigenvalue weighted by molar-refractivity contribution is 7.54. The number of nitrogens with one attached hydrogen (secondary N) is 1. The van der Waals surface area contributed by atoms with Crippen LogP contribution in [-0.2, 0) is 13.6 Å². The molecule has 0 saturated carbocycles. The summed E-state index contributed by atoms with van der Waals surface area (Å²) in [7, 11) is -3.67. The molecule has 0 fully saturated rings. The monoisotopic (exact) mass is 501 g/mol. The van der Waals surface area contributed by atoms with E-state index in [2.05, 4.69) is 15.3 Å². The van der Waals surface area contributed by atoms with E-state index in [4.69, 9.17) is 20.6 Å². The van der Waals surface area contributed by atoms with Gasteiger partial charge in [-0.05, 0) is 38.0 Å². The van der Waals surface area contributed by atoms with Crippen LogP contribution in [0.15, 0.2) is 60.8 Å². The van der Waals surface area contributed by atoms with Crippen LogP contribution >= 0.6 is 30.5 Å². The summed E-state index contributed by atoms with van der Waals surface area (Å²) >= 11 is 8.10. The summed E-state index contributed by atoms with van der Waals surface area (Å²) in [4.78, 5) is 10.1. The van der Waals surface area contributed by atoms with E-state index >= 15 is 0 Å². The lowest BCUT2D eigenvalue weighted by atomic mass is 10.1. The number of rotatable bonds is 9. The molecule has 1 atom stereocenters. The Morgan fingerprint density at radius 2 is 1.82 bits per heavy atom. The molecule has 4 aromatic rings. The molecule has 0 amide bonds. The minimum Gasteiger partial charge on any atom is -0.344 e. The molecule has 6 nitrogen and oxygen atoms in total. The summed E-state index contributed by atoms with van der Waals surface area (Å²) in [6.45, 7) is 5.99. The molecule has 2 aromatic heterocycles. The fourth-order valence-corrected chi connectivity index (χ4v) is 6.77. The summed E-state index contributed by atoms with van der Waals surface area (Å²) in [5.74, 6) is -0.878. The summed E-state index contributed by atoms with van der Waals surface area (Å²) in [6, 6.07) is 17.7. The minimum atomic E-state index is -3.67. The largest absolute Gasteiger partial charge is 0.357 e. The second kappa shape index (κ2) is 10.3. The molecule has 1 N–H and O–H groups in total.